The van der Waals surface area contributed by atoms with Crippen LogP contribution in [0.1, 0.15) is 37.0 Å². The van der Waals surface area contributed by atoms with Gasteiger partial charge in [0.2, 0.25) is 0 Å². The van der Waals surface area contributed by atoms with E-state index in [0.717, 1.165) is 0 Å². The first-order valence-corrected chi connectivity index (χ1v) is 7.30. The molecule has 0 saturated carbocycles. The van der Waals surface area contributed by atoms with Gasteiger partial charge in [-0.2, -0.15) is 5.26 Å². The van der Waals surface area contributed by atoms with Gasteiger partial charge in [0.1, 0.15) is 0 Å². The van der Waals surface area contributed by atoms with E-state index in [-0.39, 0.29) is 5.56 Å². The van der Waals surface area contributed by atoms with Crippen molar-refractivity contribution in [3.8, 4) is 6.07 Å². The summed E-state index contributed by atoms with van der Waals surface area (Å²) in [6.07, 6.45) is 1.35. The number of nitrogens with zero attached hydrogens (tertiary/aromatic N) is 1. The van der Waals surface area contributed by atoms with E-state index in [1.165, 1.54) is 12.1 Å². The molecule has 1 rings (SSSR count). The lowest BCUT2D eigenvalue weighted by Gasteiger charge is -2.14. The molecule has 4 nitrogen and oxygen atoms in total. The van der Waals surface area contributed by atoms with Crippen molar-refractivity contribution < 1.29 is 14.1 Å². The van der Waals surface area contributed by atoms with Crippen molar-refractivity contribution in [3.05, 3.63) is 29.8 Å². The molecule has 0 saturated heterocycles. The summed E-state index contributed by atoms with van der Waals surface area (Å²) in [6.45, 7) is 3.70. The molecule has 1 N–H and O–H groups in total. The second kappa shape index (κ2) is 6.48. The van der Waals surface area contributed by atoms with Crippen molar-refractivity contribution in [3.63, 3.8) is 0 Å². The topological polar surface area (TPSA) is 78.2 Å². The Labute approximate surface area is 115 Å². The zero-order valence-electron chi connectivity index (χ0n) is 11.0. The third kappa shape index (κ3) is 4.84. The molecule has 0 spiro atoms. The van der Waals surface area contributed by atoms with Gasteiger partial charge in [0, 0.05) is 10.6 Å². The van der Waals surface area contributed by atoms with Crippen LogP contribution in [0.4, 0.5) is 0 Å². The lowest BCUT2D eigenvalue weighted by Crippen LogP contribution is -2.10. The Morgan fingerprint density at radius 2 is 2.16 bits per heavy atom. The molecule has 1 atom stereocenters. The Morgan fingerprint density at radius 1 is 1.47 bits per heavy atom. The van der Waals surface area contributed by atoms with E-state index in [9.17, 15) is 9.00 Å². The molecule has 5 heteroatoms. The molecule has 0 fully saturated rings. The normalized spacial score (nSPS) is 12.7. The van der Waals surface area contributed by atoms with Crippen LogP contribution in [0.25, 0.3) is 0 Å². The lowest BCUT2D eigenvalue weighted by atomic mass is 9.90. The van der Waals surface area contributed by atoms with Gasteiger partial charge in [-0.3, -0.25) is 4.21 Å². The van der Waals surface area contributed by atoms with E-state index in [1.807, 2.05) is 13.8 Å². The van der Waals surface area contributed by atoms with Gasteiger partial charge in [-0.25, -0.2) is 4.79 Å². The van der Waals surface area contributed by atoms with E-state index in [4.69, 9.17) is 10.4 Å². The molecular formula is C14H17NO3S. The van der Waals surface area contributed by atoms with E-state index in [1.54, 1.807) is 12.1 Å². The summed E-state index contributed by atoms with van der Waals surface area (Å²) < 4.78 is 12.0. The minimum Gasteiger partial charge on any atom is -0.478 e. The molecule has 0 aliphatic carbocycles. The van der Waals surface area contributed by atoms with Crippen molar-refractivity contribution in [2.45, 2.75) is 31.6 Å². The van der Waals surface area contributed by atoms with E-state index in [2.05, 4.69) is 6.07 Å². The first-order chi connectivity index (χ1) is 8.85. The number of carboxylic acid groups (broad SMARTS) is 1. The molecule has 0 bridgehead atoms. The fourth-order valence-electron chi connectivity index (χ4n) is 1.59. The molecule has 1 aromatic carbocycles. The minimum atomic E-state index is -1.22. The fraction of sp³-hybridized carbons (Fsp3) is 0.429. The molecule has 102 valence electrons. The fourth-order valence-corrected chi connectivity index (χ4v) is 2.72. The average molecular weight is 279 g/mol. The zero-order chi connectivity index (χ0) is 14.5. The molecule has 0 aliphatic heterocycles. The highest BCUT2D eigenvalue weighted by atomic mass is 32.2. The van der Waals surface area contributed by atoms with Gasteiger partial charge in [-0.1, -0.05) is 6.07 Å². The molecule has 1 unspecified atom stereocenters. The van der Waals surface area contributed by atoms with Gasteiger partial charge in [0.15, 0.2) is 0 Å². The van der Waals surface area contributed by atoms with Gasteiger partial charge in [-0.15, -0.1) is 0 Å². The first kappa shape index (κ1) is 15.4. The Hall–Kier alpha value is -1.67. The number of hydrogen-bond donors (Lipinski definition) is 1. The first-order valence-electron chi connectivity index (χ1n) is 5.99. The average Bonchev–Trinajstić information content (AvgIpc) is 2.38. The Bertz CT molecular complexity index is 532. The SMILES string of the molecule is CC(C)(C#N)CCCS(=O)c1cccc(C(=O)O)c1. The predicted octanol–water partition coefficient (Wildman–Crippen LogP) is 2.82. The number of benzene rings is 1. The monoisotopic (exact) mass is 279 g/mol. The van der Waals surface area contributed by atoms with E-state index >= 15 is 0 Å². The summed E-state index contributed by atoms with van der Waals surface area (Å²) in [6, 6.07) is 8.37. The molecule has 0 radical (unpaired) electrons. The lowest BCUT2D eigenvalue weighted by molar-refractivity contribution is 0.0696. The van der Waals surface area contributed by atoms with E-state index < -0.39 is 22.2 Å². The number of hydrogen-bond acceptors (Lipinski definition) is 3. The summed E-state index contributed by atoms with van der Waals surface area (Å²) >= 11 is 0. The maximum absolute atomic E-state index is 12.0. The predicted molar refractivity (Wildman–Crippen MR) is 73.3 cm³/mol. The molecule has 19 heavy (non-hydrogen) atoms. The van der Waals surface area contributed by atoms with Crippen molar-refractivity contribution in [2.24, 2.45) is 5.41 Å². The third-order valence-corrected chi connectivity index (χ3v) is 4.22. The number of carboxylic acids is 1. The number of rotatable bonds is 6. The molecule has 0 aromatic heterocycles. The maximum atomic E-state index is 12.0. The molecule has 0 aliphatic rings. The smallest absolute Gasteiger partial charge is 0.335 e. The van der Waals surface area contributed by atoms with Crippen LogP contribution in [0, 0.1) is 16.7 Å². The van der Waals surface area contributed by atoms with Gasteiger partial charge in [0.25, 0.3) is 0 Å². The van der Waals surface area contributed by atoms with Gasteiger partial charge in [-0.05, 0) is 44.9 Å². The van der Waals surface area contributed by atoms with Crippen LogP contribution in [-0.4, -0.2) is 21.0 Å². The van der Waals surface area contributed by atoms with Crippen LogP contribution < -0.4 is 0 Å². The third-order valence-electron chi connectivity index (χ3n) is 2.78. The van der Waals surface area contributed by atoms with Crippen molar-refractivity contribution in [2.75, 3.05) is 5.75 Å². The summed E-state index contributed by atoms with van der Waals surface area (Å²) in [5.41, 5.74) is -0.268. The van der Waals surface area contributed by atoms with Gasteiger partial charge >= 0.3 is 5.97 Å². The van der Waals surface area contributed by atoms with Crippen LogP contribution in [0.15, 0.2) is 29.2 Å². The standard InChI is InChI=1S/C14H17NO3S/c1-14(2,10-15)7-4-8-19(18)12-6-3-5-11(9-12)13(16)17/h3,5-6,9H,4,7-8H2,1-2H3,(H,16,17). The van der Waals surface area contributed by atoms with Gasteiger partial charge < -0.3 is 5.11 Å². The van der Waals surface area contributed by atoms with Crippen molar-refractivity contribution in [1.29, 1.82) is 5.26 Å². The number of carbonyl (C=O) groups is 1. The molecule has 0 heterocycles. The number of nitriles is 1. The zero-order valence-corrected chi connectivity index (χ0v) is 11.9. The quantitative estimate of drug-likeness (QED) is 0.868. The Kier molecular flexibility index (Phi) is 5.25. The summed E-state index contributed by atoms with van der Waals surface area (Å²) in [7, 11) is -1.22. The van der Waals surface area contributed by atoms with Crippen LogP contribution >= 0.6 is 0 Å². The van der Waals surface area contributed by atoms with Crippen LogP contribution in [0.2, 0.25) is 0 Å². The van der Waals surface area contributed by atoms with Crippen LogP contribution in [0.3, 0.4) is 0 Å². The van der Waals surface area contributed by atoms with Crippen LogP contribution in [0.5, 0.6) is 0 Å². The highest BCUT2D eigenvalue weighted by Gasteiger charge is 2.17. The van der Waals surface area contributed by atoms with E-state index in [0.29, 0.717) is 23.5 Å². The highest BCUT2D eigenvalue weighted by Crippen LogP contribution is 2.21. The summed E-state index contributed by atoms with van der Waals surface area (Å²) in [5.74, 6) is -0.585. The largest absolute Gasteiger partial charge is 0.478 e. The van der Waals surface area contributed by atoms with Crippen molar-refractivity contribution >= 4 is 16.8 Å². The summed E-state index contributed by atoms with van der Waals surface area (Å²) in [5, 5.41) is 17.8. The molecule has 1 aromatic rings. The molecular weight excluding hydrogens is 262 g/mol. The van der Waals surface area contributed by atoms with Crippen LogP contribution in [-0.2, 0) is 10.8 Å². The summed E-state index contributed by atoms with van der Waals surface area (Å²) in [4.78, 5) is 11.3. The minimum absolute atomic E-state index is 0.142. The van der Waals surface area contributed by atoms with Gasteiger partial charge in [0.05, 0.1) is 27.8 Å². The highest BCUT2D eigenvalue weighted by molar-refractivity contribution is 7.85. The number of aromatic carboxylic acids is 1. The maximum Gasteiger partial charge on any atom is 0.335 e. The van der Waals surface area contributed by atoms with Crippen molar-refractivity contribution in [1.82, 2.24) is 0 Å². The Balaban J connectivity index is 2.62. The second-order valence-electron chi connectivity index (χ2n) is 4.98. The Morgan fingerprint density at radius 3 is 2.74 bits per heavy atom. The second-order valence-corrected chi connectivity index (χ2v) is 6.55. The molecule has 0 amide bonds.